The molecule has 9 heteroatoms. The number of pyridine rings is 1. The molecule has 1 aliphatic rings. The average molecular weight is 449 g/mol. The largest absolute Gasteiger partial charge is 0.445 e. The van der Waals surface area contributed by atoms with E-state index >= 15 is 0 Å². The molecule has 2 rings (SSSR count). The number of carbonyl (C=O) groups is 2. The van der Waals surface area contributed by atoms with Crippen LogP contribution in [0.15, 0.2) is 37.2 Å². The topological polar surface area (TPSA) is 93.2 Å². The highest BCUT2D eigenvalue weighted by atomic mass is 16.7. The fourth-order valence-electron chi connectivity index (χ4n) is 3.69. The minimum Gasteiger partial charge on any atom is -0.445 e. The lowest BCUT2D eigenvalue weighted by Gasteiger charge is -2.43. The number of amides is 2. The summed E-state index contributed by atoms with van der Waals surface area (Å²) >= 11 is 0. The number of ether oxygens (including phenoxy) is 3. The summed E-state index contributed by atoms with van der Waals surface area (Å²) in [6, 6.07) is 3.69. The van der Waals surface area contributed by atoms with Crippen LogP contribution in [0.2, 0.25) is 0 Å². The van der Waals surface area contributed by atoms with Gasteiger partial charge in [0.1, 0.15) is 6.61 Å². The third kappa shape index (κ3) is 6.27. The molecule has 1 aromatic rings. The first-order valence-electron chi connectivity index (χ1n) is 11.0. The first-order valence-corrected chi connectivity index (χ1v) is 11.0. The molecule has 2 amide bonds. The molecular formula is C23H36N4O5. The van der Waals surface area contributed by atoms with Gasteiger partial charge >= 0.3 is 6.09 Å². The predicted octanol–water partition coefficient (Wildman–Crippen LogP) is 2.14. The number of hydrogen-bond donors (Lipinski definition) is 1. The molecule has 0 unspecified atom stereocenters. The molecular weight excluding hydrogens is 412 g/mol. The molecule has 0 atom stereocenters. The van der Waals surface area contributed by atoms with E-state index in [1.807, 2.05) is 39.8 Å². The van der Waals surface area contributed by atoms with Gasteiger partial charge in [-0.3, -0.25) is 14.7 Å². The van der Waals surface area contributed by atoms with E-state index in [0.717, 1.165) is 5.56 Å². The number of nitrogens with one attached hydrogen (secondary N) is 1. The highest BCUT2D eigenvalue weighted by Crippen LogP contribution is 2.27. The summed E-state index contributed by atoms with van der Waals surface area (Å²) in [5.41, 5.74) is -0.0376. The van der Waals surface area contributed by atoms with E-state index in [1.54, 1.807) is 17.3 Å². The Labute approximate surface area is 190 Å². The molecule has 1 saturated heterocycles. The third-order valence-corrected chi connectivity index (χ3v) is 5.55. The Balaban J connectivity index is 2.03. The van der Waals surface area contributed by atoms with Crippen molar-refractivity contribution in [3.8, 4) is 0 Å². The van der Waals surface area contributed by atoms with Crippen LogP contribution in [0.25, 0.3) is 0 Å². The minimum absolute atomic E-state index is 0.146. The first kappa shape index (κ1) is 25.8. The second-order valence-electron chi connectivity index (χ2n) is 7.94. The van der Waals surface area contributed by atoms with Crippen molar-refractivity contribution in [2.75, 3.05) is 52.5 Å². The minimum atomic E-state index is -1.11. The number of nitrogens with zero attached hydrogens (tertiary/aromatic N) is 3. The molecule has 0 aliphatic carbocycles. The average Bonchev–Trinajstić information content (AvgIpc) is 2.81. The van der Waals surface area contributed by atoms with Gasteiger partial charge in [0.25, 0.3) is 0 Å². The van der Waals surface area contributed by atoms with Crippen LogP contribution in [0, 0.1) is 0 Å². The first-order chi connectivity index (χ1) is 15.3. The van der Waals surface area contributed by atoms with Crippen molar-refractivity contribution >= 4 is 12.0 Å². The number of piperazine rings is 1. The molecule has 0 bridgehead atoms. The second-order valence-corrected chi connectivity index (χ2v) is 7.94. The van der Waals surface area contributed by atoms with Crippen LogP contribution in [0.5, 0.6) is 0 Å². The van der Waals surface area contributed by atoms with Crippen LogP contribution in [-0.2, 0) is 24.8 Å². The summed E-state index contributed by atoms with van der Waals surface area (Å²) in [4.78, 5) is 33.1. The zero-order valence-electron chi connectivity index (χ0n) is 19.6. The van der Waals surface area contributed by atoms with E-state index in [-0.39, 0.29) is 25.2 Å². The van der Waals surface area contributed by atoms with Crippen LogP contribution >= 0.6 is 0 Å². The molecule has 2 heterocycles. The molecule has 9 nitrogen and oxygen atoms in total. The lowest BCUT2D eigenvalue weighted by atomic mass is 9.99. The number of hydrogen-bond acceptors (Lipinski definition) is 7. The summed E-state index contributed by atoms with van der Waals surface area (Å²) in [5, 5.41) is 3.02. The van der Waals surface area contributed by atoms with E-state index < -0.39 is 11.3 Å². The second kappa shape index (κ2) is 11.9. The normalized spacial score (nSPS) is 15.3. The summed E-state index contributed by atoms with van der Waals surface area (Å²) in [6.45, 7) is 14.3. The lowest BCUT2D eigenvalue weighted by molar-refractivity contribution is -0.239. The van der Waals surface area contributed by atoms with Crippen LogP contribution in [0.4, 0.5) is 4.79 Å². The van der Waals surface area contributed by atoms with Crippen LogP contribution < -0.4 is 5.32 Å². The third-order valence-electron chi connectivity index (χ3n) is 5.55. The molecule has 0 aromatic carbocycles. The molecule has 1 fully saturated rings. The number of aromatic nitrogens is 1. The highest BCUT2D eigenvalue weighted by molar-refractivity contribution is 5.85. The molecule has 1 aliphatic heterocycles. The Bertz CT molecular complexity index is 742. The number of rotatable bonds is 11. The Morgan fingerprint density at radius 3 is 2.38 bits per heavy atom. The maximum Gasteiger partial charge on any atom is 0.410 e. The maximum atomic E-state index is 13.2. The Morgan fingerprint density at radius 1 is 1.19 bits per heavy atom. The van der Waals surface area contributed by atoms with Gasteiger partial charge in [-0.2, -0.15) is 0 Å². The summed E-state index contributed by atoms with van der Waals surface area (Å²) in [6.07, 6.45) is 4.55. The quantitative estimate of drug-likeness (QED) is 0.409. The smallest absolute Gasteiger partial charge is 0.410 e. The van der Waals surface area contributed by atoms with E-state index in [9.17, 15) is 9.59 Å². The standard InChI is InChI=1S/C23H36N4O5/c1-6-16-30-21(29)26-12-14-27(15-13-26)22(4,5)20(28)25-18-23(31-7-2,32-8-3)19-10-9-11-24-17-19/h6,9-11,17H,1,7-8,12-16,18H2,2-5H3,(H,25,28). The van der Waals surface area contributed by atoms with Crippen molar-refractivity contribution in [3.05, 3.63) is 42.7 Å². The van der Waals surface area contributed by atoms with Gasteiger partial charge in [-0.05, 0) is 33.8 Å². The van der Waals surface area contributed by atoms with Crippen molar-refractivity contribution in [1.82, 2.24) is 20.1 Å². The zero-order valence-corrected chi connectivity index (χ0v) is 19.6. The van der Waals surface area contributed by atoms with Crippen molar-refractivity contribution in [2.24, 2.45) is 0 Å². The van der Waals surface area contributed by atoms with Gasteiger partial charge in [-0.25, -0.2) is 4.79 Å². The zero-order chi connectivity index (χ0) is 23.6. The fraction of sp³-hybridized carbons (Fsp3) is 0.609. The molecule has 0 spiro atoms. The van der Waals surface area contributed by atoms with Gasteiger partial charge in [0, 0.05) is 57.3 Å². The van der Waals surface area contributed by atoms with Gasteiger partial charge in [0.2, 0.25) is 11.7 Å². The van der Waals surface area contributed by atoms with Crippen LogP contribution in [0.1, 0.15) is 33.3 Å². The van der Waals surface area contributed by atoms with E-state index in [2.05, 4.69) is 21.8 Å². The Morgan fingerprint density at radius 2 is 1.84 bits per heavy atom. The van der Waals surface area contributed by atoms with E-state index in [1.165, 1.54) is 6.08 Å². The Kier molecular flexibility index (Phi) is 9.61. The van der Waals surface area contributed by atoms with Crippen molar-refractivity contribution in [1.29, 1.82) is 0 Å². The molecule has 1 aromatic heterocycles. The van der Waals surface area contributed by atoms with E-state index in [0.29, 0.717) is 39.4 Å². The summed E-state index contributed by atoms with van der Waals surface area (Å²) in [7, 11) is 0. The van der Waals surface area contributed by atoms with E-state index in [4.69, 9.17) is 14.2 Å². The molecule has 0 radical (unpaired) electrons. The van der Waals surface area contributed by atoms with Gasteiger partial charge < -0.3 is 24.4 Å². The molecule has 32 heavy (non-hydrogen) atoms. The van der Waals surface area contributed by atoms with Crippen molar-refractivity contribution in [2.45, 2.75) is 39.0 Å². The highest BCUT2D eigenvalue weighted by Gasteiger charge is 2.40. The van der Waals surface area contributed by atoms with Crippen LogP contribution in [-0.4, -0.2) is 84.9 Å². The molecule has 178 valence electrons. The summed E-state index contributed by atoms with van der Waals surface area (Å²) < 4.78 is 17.1. The SMILES string of the molecule is C=CCOC(=O)N1CCN(C(C)(C)C(=O)NCC(OCC)(OCC)c2cccnc2)CC1. The monoisotopic (exact) mass is 448 g/mol. The predicted molar refractivity (Wildman–Crippen MR) is 121 cm³/mol. The molecule has 0 saturated carbocycles. The Hall–Kier alpha value is -2.49. The van der Waals surface area contributed by atoms with Crippen molar-refractivity contribution in [3.63, 3.8) is 0 Å². The van der Waals surface area contributed by atoms with Crippen molar-refractivity contribution < 1.29 is 23.8 Å². The number of carbonyl (C=O) groups excluding carboxylic acids is 2. The summed E-state index contributed by atoms with van der Waals surface area (Å²) in [5.74, 6) is -1.26. The van der Waals surface area contributed by atoms with Gasteiger partial charge in [0.15, 0.2) is 0 Å². The van der Waals surface area contributed by atoms with Crippen LogP contribution in [0.3, 0.4) is 0 Å². The van der Waals surface area contributed by atoms with Gasteiger partial charge in [-0.15, -0.1) is 0 Å². The fourth-order valence-corrected chi connectivity index (χ4v) is 3.69. The lowest BCUT2D eigenvalue weighted by Crippen LogP contribution is -2.62. The maximum absolute atomic E-state index is 13.2. The van der Waals surface area contributed by atoms with Gasteiger partial charge in [0.05, 0.1) is 12.1 Å². The van der Waals surface area contributed by atoms with Gasteiger partial charge in [-0.1, -0.05) is 18.7 Å². The molecule has 1 N–H and O–H groups in total.